The Morgan fingerprint density at radius 1 is 0.944 bits per heavy atom. The lowest BCUT2D eigenvalue weighted by molar-refractivity contribution is 0.0820. The first-order valence-corrected chi connectivity index (χ1v) is 5.73. The molecular formula is C15H13NO2. The molecular weight excluding hydrogens is 226 g/mol. The normalized spacial score (nSPS) is 11.8. The van der Waals surface area contributed by atoms with Crippen LogP contribution in [0.15, 0.2) is 54.9 Å². The molecule has 0 spiro atoms. The van der Waals surface area contributed by atoms with Crippen LogP contribution in [-0.2, 0) is 0 Å². The Hall–Kier alpha value is -2.29. The lowest BCUT2D eigenvalue weighted by Gasteiger charge is -2.09. The number of benzene rings is 1. The third-order valence-corrected chi connectivity index (χ3v) is 2.79. The summed E-state index contributed by atoms with van der Waals surface area (Å²) in [7, 11) is 0. The molecule has 1 aromatic heterocycles. The Labute approximate surface area is 105 Å². The highest BCUT2D eigenvalue weighted by Crippen LogP contribution is 2.13. The van der Waals surface area contributed by atoms with Crippen LogP contribution in [0.2, 0.25) is 0 Å². The van der Waals surface area contributed by atoms with E-state index in [0.717, 1.165) is 0 Å². The van der Waals surface area contributed by atoms with Crippen LogP contribution in [0.5, 0.6) is 0 Å². The summed E-state index contributed by atoms with van der Waals surface area (Å²) >= 11 is 0. The average molecular weight is 239 g/mol. The number of Topliss-reactive ketones (excluding diaryl/α,β-unsaturated/α-hetero) is 2. The number of aromatic nitrogens is 1. The van der Waals surface area contributed by atoms with Crippen molar-refractivity contribution in [3.63, 3.8) is 0 Å². The van der Waals surface area contributed by atoms with E-state index in [1.807, 2.05) is 6.07 Å². The van der Waals surface area contributed by atoms with E-state index >= 15 is 0 Å². The molecule has 0 N–H and O–H groups in total. The average Bonchev–Trinajstić information content (AvgIpc) is 2.47. The molecule has 18 heavy (non-hydrogen) atoms. The van der Waals surface area contributed by atoms with Crippen molar-refractivity contribution >= 4 is 11.6 Å². The van der Waals surface area contributed by atoms with Crippen LogP contribution in [0.4, 0.5) is 0 Å². The van der Waals surface area contributed by atoms with Gasteiger partial charge in [0.1, 0.15) is 0 Å². The van der Waals surface area contributed by atoms with E-state index in [1.54, 1.807) is 49.5 Å². The number of ketones is 2. The number of pyridine rings is 1. The van der Waals surface area contributed by atoms with Gasteiger partial charge in [-0.05, 0) is 19.1 Å². The first-order chi connectivity index (χ1) is 8.70. The molecule has 0 bridgehead atoms. The lowest BCUT2D eigenvalue weighted by atomic mass is 9.92. The van der Waals surface area contributed by atoms with E-state index in [4.69, 9.17) is 0 Å². The summed E-state index contributed by atoms with van der Waals surface area (Å²) in [5.74, 6) is -1.04. The predicted molar refractivity (Wildman–Crippen MR) is 68.5 cm³/mol. The van der Waals surface area contributed by atoms with Crippen LogP contribution in [0.25, 0.3) is 0 Å². The van der Waals surface area contributed by atoms with Gasteiger partial charge in [-0.2, -0.15) is 0 Å². The minimum atomic E-state index is -0.684. The molecule has 0 aliphatic carbocycles. The molecule has 1 unspecified atom stereocenters. The smallest absolute Gasteiger partial charge is 0.174 e. The predicted octanol–water partition coefficient (Wildman–Crippen LogP) is 2.78. The molecule has 0 aliphatic heterocycles. The summed E-state index contributed by atoms with van der Waals surface area (Å²) in [5.41, 5.74) is 1.02. The summed E-state index contributed by atoms with van der Waals surface area (Å²) in [6, 6.07) is 12.2. The zero-order valence-corrected chi connectivity index (χ0v) is 10.0. The van der Waals surface area contributed by atoms with E-state index < -0.39 is 5.92 Å². The summed E-state index contributed by atoms with van der Waals surface area (Å²) in [6.07, 6.45) is 3.08. The monoisotopic (exact) mass is 239 g/mol. The fraction of sp³-hybridized carbons (Fsp3) is 0.133. The second-order valence-electron chi connectivity index (χ2n) is 4.06. The summed E-state index contributed by atoms with van der Waals surface area (Å²) < 4.78 is 0. The third-order valence-electron chi connectivity index (χ3n) is 2.79. The molecule has 0 saturated carbocycles. The molecule has 2 aromatic rings. The van der Waals surface area contributed by atoms with Crippen LogP contribution in [-0.4, -0.2) is 16.6 Å². The standard InChI is InChI=1S/C15H13NO2/c1-11(14(17)12-6-3-2-4-7-12)15(18)13-8-5-9-16-10-13/h2-11H,1H3. The van der Waals surface area contributed by atoms with Crippen molar-refractivity contribution in [3.8, 4) is 0 Å². The zero-order chi connectivity index (χ0) is 13.0. The van der Waals surface area contributed by atoms with Gasteiger partial charge >= 0.3 is 0 Å². The highest BCUT2D eigenvalue weighted by molar-refractivity contribution is 6.15. The second-order valence-corrected chi connectivity index (χ2v) is 4.06. The number of nitrogens with zero attached hydrogens (tertiary/aromatic N) is 1. The Balaban J connectivity index is 2.20. The molecule has 3 nitrogen and oxygen atoms in total. The largest absolute Gasteiger partial charge is 0.293 e. The van der Waals surface area contributed by atoms with Crippen LogP contribution in [0, 0.1) is 5.92 Å². The SMILES string of the molecule is CC(C(=O)c1ccccc1)C(=O)c1cccnc1. The van der Waals surface area contributed by atoms with E-state index in [9.17, 15) is 9.59 Å². The summed E-state index contributed by atoms with van der Waals surface area (Å²) in [4.78, 5) is 28.1. The fourth-order valence-corrected chi connectivity index (χ4v) is 1.73. The number of carbonyl (C=O) groups is 2. The van der Waals surface area contributed by atoms with Gasteiger partial charge in [-0.1, -0.05) is 30.3 Å². The van der Waals surface area contributed by atoms with Crippen LogP contribution >= 0.6 is 0 Å². The van der Waals surface area contributed by atoms with Gasteiger partial charge in [-0.15, -0.1) is 0 Å². The molecule has 90 valence electrons. The van der Waals surface area contributed by atoms with Crippen molar-refractivity contribution in [3.05, 3.63) is 66.0 Å². The molecule has 0 radical (unpaired) electrons. The molecule has 1 heterocycles. The molecule has 1 atom stereocenters. The first-order valence-electron chi connectivity index (χ1n) is 5.73. The van der Waals surface area contributed by atoms with E-state index in [1.165, 1.54) is 6.20 Å². The minimum absolute atomic E-state index is 0.163. The molecule has 0 saturated heterocycles. The highest BCUT2D eigenvalue weighted by Gasteiger charge is 2.23. The van der Waals surface area contributed by atoms with E-state index in [-0.39, 0.29) is 11.6 Å². The molecule has 0 amide bonds. The van der Waals surface area contributed by atoms with Gasteiger partial charge in [-0.3, -0.25) is 14.6 Å². The van der Waals surface area contributed by atoms with Crippen molar-refractivity contribution < 1.29 is 9.59 Å². The Morgan fingerprint density at radius 3 is 2.17 bits per heavy atom. The lowest BCUT2D eigenvalue weighted by Crippen LogP contribution is -2.21. The molecule has 0 aliphatic rings. The van der Waals surface area contributed by atoms with Gasteiger partial charge in [0.2, 0.25) is 0 Å². The van der Waals surface area contributed by atoms with Crippen molar-refractivity contribution in [2.24, 2.45) is 5.92 Å². The van der Waals surface area contributed by atoms with E-state index in [2.05, 4.69) is 4.98 Å². The Morgan fingerprint density at radius 2 is 1.56 bits per heavy atom. The van der Waals surface area contributed by atoms with Crippen molar-refractivity contribution in [1.82, 2.24) is 4.98 Å². The Kier molecular flexibility index (Phi) is 3.63. The van der Waals surface area contributed by atoms with Gasteiger partial charge < -0.3 is 0 Å². The first kappa shape index (κ1) is 12.2. The van der Waals surface area contributed by atoms with Gasteiger partial charge in [0.05, 0.1) is 5.92 Å². The zero-order valence-electron chi connectivity index (χ0n) is 10.0. The van der Waals surface area contributed by atoms with Crippen LogP contribution in [0.1, 0.15) is 27.6 Å². The van der Waals surface area contributed by atoms with Gasteiger partial charge in [0.25, 0.3) is 0 Å². The summed E-state index contributed by atoms with van der Waals surface area (Å²) in [5, 5.41) is 0. The second kappa shape index (κ2) is 5.36. The maximum atomic E-state index is 12.1. The van der Waals surface area contributed by atoms with Crippen molar-refractivity contribution in [2.45, 2.75) is 6.92 Å². The summed E-state index contributed by atoms with van der Waals surface area (Å²) in [6.45, 7) is 1.63. The molecule has 3 heteroatoms. The number of hydrogen-bond donors (Lipinski definition) is 0. The molecule has 0 fully saturated rings. The molecule has 2 rings (SSSR count). The topological polar surface area (TPSA) is 47.0 Å². The highest BCUT2D eigenvalue weighted by atomic mass is 16.1. The van der Waals surface area contributed by atoms with Gasteiger partial charge in [0.15, 0.2) is 11.6 Å². The third kappa shape index (κ3) is 2.51. The van der Waals surface area contributed by atoms with Crippen LogP contribution < -0.4 is 0 Å². The molecule has 1 aromatic carbocycles. The van der Waals surface area contributed by atoms with Crippen LogP contribution in [0.3, 0.4) is 0 Å². The maximum absolute atomic E-state index is 12.1. The number of carbonyl (C=O) groups excluding carboxylic acids is 2. The van der Waals surface area contributed by atoms with Gasteiger partial charge in [0, 0.05) is 23.5 Å². The number of hydrogen-bond acceptors (Lipinski definition) is 3. The quantitative estimate of drug-likeness (QED) is 0.608. The minimum Gasteiger partial charge on any atom is -0.293 e. The van der Waals surface area contributed by atoms with E-state index in [0.29, 0.717) is 11.1 Å². The fourth-order valence-electron chi connectivity index (χ4n) is 1.73. The van der Waals surface area contributed by atoms with Gasteiger partial charge in [-0.25, -0.2) is 0 Å². The van der Waals surface area contributed by atoms with Crippen molar-refractivity contribution in [2.75, 3.05) is 0 Å². The maximum Gasteiger partial charge on any atom is 0.174 e. The van der Waals surface area contributed by atoms with Crippen molar-refractivity contribution in [1.29, 1.82) is 0 Å². The number of rotatable bonds is 4. The Bertz CT molecular complexity index is 498.